The van der Waals surface area contributed by atoms with Crippen molar-refractivity contribution in [3.63, 3.8) is 0 Å². The number of carboxylic acid groups (broad SMARTS) is 1. The van der Waals surface area contributed by atoms with Crippen LogP contribution in [0.3, 0.4) is 0 Å². The highest BCUT2D eigenvalue weighted by atomic mass is 32.1. The molecule has 0 unspecified atom stereocenters. The zero-order valence-corrected chi connectivity index (χ0v) is 9.08. The first-order valence-electron chi connectivity index (χ1n) is 4.41. The van der Waals surface area contributed by atoms with Crippen LogP contribution >= 0.6 is 11.3 Å². The van der Waals surface area contributed by atoms with Crippen molar-refractivity contribution in [1.82, 2.24) is 0 Å². The molecule has 6 heteroatoms. The molecule has 0 fully saturated rings. The van der Waals surface area contributed by atoms with Crippen LogP contribution in [0.15, 0.2) is 18.2 Å². The van der Waals surface area contributed by atoms with E-state index in [9.17, 15) is 14.9 Å². The number of carbonyl (C=O) groups is 1. The number of rotatable bonds is 2. The van der Waals surface area contributed by atoms with Gasteiger partial charge in [0, 0.05) is 22.2 Å². The molecule has 82 valence electrons. The molecule has 1 heterocycles. The van der Waals surface area contributed by atoms with Crippen molar-refractivity contribution in [1.29, 1.82) is 0 Å². The van der Waals surface area contributed by atoms with E-state index < -0.39 is 10.9 Å². The van der Waals surface area contributed by atoms with Gasteiger partial charge in [0.2, 0.25) is 0 Å². The van der Waals surface area contributed by atoms with Crippen LogP contribution in [0.5, 0.6) is 0 Å². The van der Waals surface area contributed by atoms with E-state index in [1.807, 2.05) is 0 Å². The predicted molar refractivity (Wildman–Crippen MR) is 60.2 cm³/mol. The van der Waals surface area contributed by atoms with E-state index in [0.717, 1.165) is 16.0 Å². The van der Waals surface area contributed by atoms with Gasteiger partial charge in [0.1, 0.15) is 4.88 Å². The number of nitro groups is 1. The molecule has 16 heavy (non-hydrogen) atoms. The van der Waals surface area contributed by atoms with Crippen LogP contribution in [0.2, 0.25) is 0 Å². The maximum atomic E-state index is 10.9. The third-order valence-electron chi connectivity index (χ3n) is 2.32. The number of aromatic carboxylic acids is 1. The van der Waals surface area contributed by atoms with Gasteiger partial charge in [-0.3, -0.25) is 10.1 Å². The van der Waals surface area contributed by atoms with E-state index in [1.54, 1.807) is 13.0 Å². The molecule has 0 radical (unpaired) electrons. The zero-order valence-electron chi connectivity index (χ0n) is 8.26. The number of hydrogen-bond donors (Lipinski definition) is 1. The Bertz CT molecular complexity index is 602. The lowest BCUT2D eigenvalue weighted by Crippen LogP contribution is -1.93. The lowest BCUT2D eigenvalue weighted by molar-refractivity contribution is -0.384. The lowest BCUT2D eigenvalue weighted by atomic mass is 10.1. The second-order valence-electron chi connectivity index (χ2n) is 3.30. The normalized spacial score (nSPS) is 10.6. The van der Waals surface area contributed by atoms with E-state index in [1.165, 1.54) is 12.1 Å². The average Bonchev–Trinajstić information content (AvgIpc) is 2.56. The fraction of sp³-hybridized carbons (Fsp3) is 0.100. The average molecular weight is 237 g/mol. The summed E-state index contributed by atoms with van der Waals surface area (Å²) in [4.78, 5) is 21.2. The Morgan fingerprint density at radius 2 is 2.19 bits per heavy atom. The molecular weight excluding hydrogens is 230 g/mol. The molecule has 0 spiro atoms. The largest absolute Gasteiger partial charge is 0.477 e. The van der Waals surface area contributed by atoms with E-state index in [0.29, 0.717) is 10.9 Å². The molecule has 2 rings (SSSR count). The van der Waals surface area contributed by atoms with Gasteiger partial charge in [0.15, 0.2) is 0 Å². The number of benzene rings is 1. The number of fused-ring (bicyclic) bond motifs is 1. The summed E-state index contributed by atoms with van der Waals surface area (Å²) >= 11 is 1.13. The molecule has 0 atom stereocenters. The van der Waals surface area contributed by atoms with Crippen molar-refractivity contribution in [3.05, 3.63) is 38.8 Å². The predicted octanol–water partition coefficient (Wildman–Crippen LogP) is 2.82. The number of nitrogens with zero attached hydrogens (tertiary/aromatic N) is 1. The van der Waals surface area contributed by atoms with Crippen LogP contribution in [-0.2, 0) is 0 Å². The van der Waals surface area contributed by atoms with Crippen LogP contribution < -0.4 is 0 Å². The van der Waals surface area contributed by atoms with Gasteiger partial charge in [-0.15, -0.1) is 11.3 Å². The van der Waals surface area contributed by atoms with Gasteiger partial charge in [-0.1, -0.05) is 0 Å². The highest BCUT2D eigenvalue weighted by Crippen LogP contribution is 2.33. The van der Waals surface area contributed by atoms with Crippen molar-refractivity contribution >= 4 is 33.1 Å². The topological polar surface area (TPSA) is 80.4 Å². The molecule has 0 saturated carbocycles. The fourth-order valence-corrected chi connectivity index (χ4v) is 2.55. The molecule has 1 aromatic heterocycles. The third kappa shape index (κ3) is 1.53. The van der Waals surface area contributed by atoms with Gasteiger partial charge in [-0.25, -0.2) is 4.79 Å². The molecule has 0 saturated heterocycles. The molecule has 0 aliphatic heterocycles. The summed E-state index contributed by atoms with van der Waals surface area (Å²) in [7, 11) is 0. The van der Waals surface area contributed by atoms with Crippen molar-refractivity contribution in [2.75, 3.05) is 0 Å². The van der Waals surface area contributed by atoms with Gasteiger partial charge in [-0.05, 0) is 18.6 Å². The zero-order chi connectivity index (χ0) is 11.9. The lowest BCUT2D eigenvalue weighted by Gasteiger charge is -1.93. The van der Waals surface area contributed by atoms with Crippen LogP contribution in [-0.4, -0.2) is 16.0 Å². The molecule has 1 N–H and O–H groups in total. The summed E-state index contributed by atoms with van der Waals surface area (Å²) in [6.07, 6.45) is 0. The maximum Gasteiger partial charge on any atom is 0.346 e. The Morgan fingerprint density at radius 3 is 2.75 bits per heavy atom. The summed E-state index contributed by atoms with van der Waals surface area (Å²) in [6, 6.07) is 4.37. The van der Waals surface area contributed by atoms with Gasteiger partial charge < -0.3 is 5.11 Å². The Labute approximate surface area is 94.1 Å². The van der Waals surface area contributed by atoms with Crippen molar-refractivity contribution in [3.8, 4) is 0 Å². The number of thiophene rings is 1. The van der Waals surface area contributed by atoms with Crippen molar-refractivity contribution in [2.45, 2.75) is 6.92 Å². The van der Waals surface area contributed by atoms with Crippen LogP contribution in [0.4, 0.5) is 5.69 Å². The minimum Gasteiger partial charge on any atom is -0.477 e. The standard InChI is InChI=1S/C10H7NO4S/c1-5-7-4-6(11(14)15)2-3-8(7)16-9(5)10(12)13/h2-4H,1H3,(H,12,13). The summed E-state index contributed by atoms with van der Waals surface area (Å²) in [5.74, 6) is -0.999. The quantitative estimate of drug-likeness (QED) is 0.643. The van der Waals surface area contributed by atoms with Crippen molar-refractivity contribution < 1.29 is 14.8 Å². The first-order valence-corrected chi connectivity index (χ1v) is 5.23. The Morgan fingerprint density at radius 1 is 1.50 bits per heavy atom. The second kappa shape index (κ2) is 3.57. The Hall–Kier alpha value is -1.95. The summed E-state index contributed by atoms with van der Waals surface area (Å²) < 4.78 is 0.750. The molecule has 1 aromatic carbocycles. The highest BCUT2D eigenvalue weighted by molar-refractivity contribution is 7.21. The number of non-ortho nitro benzene ring substituents is 1. The molecule has 0 aliphatic carbocycles. The SMILES string of the molecule is Cc1c(C(=O)O)sc2ccc([N+](=O)[O-])cc12. The van der Waals surface area contributed by atoms with Crippen LogP contribution in [0.1, 0.15) is 15.2 Å². The van der Waals surface area contributed by atoms with Crippen LogP contribution in [0, 0.1) is 17.0 Å². The second-order valence-corrected chi connectivity index (χ2v) is 4.35. The third-order valence-corrected chi connectivity index (χ3v) is 3.59. The molecule has 0 aliphatic rings. The Balaban J connectivity index is 2.73. The maximum absolute atomic E-state index is 10.9. The fourth-order valence-electron chi connectivity index (χ4n) is 1.53. The van der Waals surface area contributed by atoms with Gasteiger partial charge in [-0.2, -0.15) is 0 Å². The van der Waals surface area contributed by atoms with Crippen LogP contribution in [0.25, 0.3) is 10.1 Å². The Kier molecular flexibility index (Phi) is 2.35. The van der Waals surface area contributed by atoms with E-state index >= 15 is 0 Å². The van der Waals surface area contributed by atoms with Crippen molar-refractivity contribution in [2.24, 2.45) is 0 Å². The minimum atomic E-state index is -0.999. The summed E-state index contributed by atoms with van der Waals surface area (Å²) in [6.45, 7) is 1.66. The first kappa shape index (κ1) is 10.6. The molecule has 5 nitrogen and oxygen atoms in total. The first-order chi connectivity index (χ1) is 7.50. The minimum absolute atomic E-state index is 0.0228. The summed E-state index contributed by atoms with van der Waals surface area (Å²) in [5, 5.41) is 20.1. The molecule has 0 bridgehead atoms. The summed E-state index contributed by atoms with van der Waals surface area (Å²) in [5.41, 5.74) is 0.557. The number of carboxylic acids is 1. The highest BCUT2D eigenvalue weighted by Gasteiger charge is 2.16. The van der Waals surface area contributed by atoms with Gasteiger partial charge >= 0.3 is 5.97 Å². The number of nitro benzene ring substituents is 1. The number of hydrogen-bond acceptors (Lipinski definition) is 4. The smallest absolute Gasteiger partial charge is 0.346 e. The monoisotopic (exact) mass is 237 g/mol. The molecule has 0 amide bonds. The van der Waals surface area contributed by atoms with E-state index in [2.05, 4.69) is 0 Å². The molecular formula is C10H7NO4S. The van der Waals surface area contributed by atoms with E-state index in [4.69, 9.17) is 5.11 Å². The van der Waals surface area contributed by atoms with Gasteiger partial charge in [0.05, 0.1) is 4.92 Å². The number of aryl methyl sites for hydroxylation is 1. The van der Waals surface area contributed by atoms with E-state index in [-0.39, 0.29) is 10.6 Å². The van der Waals surface area contributed by atoms with Gasteiger partial charge in [0.25, 0.3) is 5.69 Å². The molecule has 2 aromatic rings.